The van der Waals surface area contributed by atoms with E-state index in [1.54, 1.807) is 0 Å². The van der Waals surface area contributed by atoms with Crippen molar-refractivity contribution in [2.45, 2.75) is 18.9 Å². The van der Waals surface area contributed by atoms with Gasteiger partial charge in [-0.05, 0) is 19.1 Å². The van der Waals surface area contributed by atoms with E-state index in [1.807, 2.05) is 6.92 Å². The van der Waals surface area contributed by atoms with Crippen LogP contribution in [0.1, 0.15) is 13.3 Å². The monoisotopic (exact) mass is 189 g/mol. The van der Waals surface area contributed by atoms with Crippen LogP contribution in [0.4, 0.5) is 0 Å². The Balaban J connectivity index is 2.68. The minimum Gasteiger partial charge on any atom is -0.361 e. The summed E-state index contributed by atoms with van der Waals surface area (Å²) in [6, 6.07) is 0. The Labute approximate surface area is 76.7 Å². The maximum atomic E-state index is 5.88. The molecule has 1 unspecified atom stereocenters. The van der Waals surface area contributed by atoms with Gasteiger partial charge in [-0.15, -0.1) is 0 Å². The van der Waals surface area contributed by atoms with Crippen molar-refractivity contribution < 1.29 is 0 Å². The van der Waals surface area contributed by atoms with Crippen LogP contribution in [0.15, 0.2) is 0 Å². The lowest BCUT2D eigenvalue weighted by Crippen LogP contribution is -2.45. The van der Waals surface area contributed by atoms with Crippen LogP contribution in [0, 0.1) is 0 Å². The number of nitrogens with two attached hydrogens (primary N) is 1. The first-order valence-electron chi connectivity index (χ1n) is 3.36. The molecule has 1 rings (SSSR count). The number of rotatable bonds is 0. The lowest BCUT2D eigenvalue weighted by Gasteiger charge is -2.20. The molecule has 11 heavy (non-hydrogen) atoms. The second-order valence-electron chi connectivity index (χ2n) is 3.06. The third-order valence-electron chi connectivity index (χ3n) is 1.47. The van der Waals surface area contributed by atoms with E-state index in [-0.39, 0.29) is 5.54 Å². The fourth-order valence-corrected chi connectivity index (χ4v) is 1.62. The Morgan fingerprint density at radius 2 is 2.18 bits per heavy atom. The molecule has 0 bridgehead atoms. The minimum absolute atomic E-state index is 0.287. The highest BCUT2D eigenvalue weighted by Gasteiger charge is 2.24. The van der Waals surface area contributed by atoms with Gasteiger partial charge in [0.15, 0.2) is 5.11 Å². The quantitative estimate of drug-likeness (QED) is 0.465. The van der Waals surface area contributed by atoms with Crippen molar-refractivity contribution in [2.24, 2.45) is 5.73 Å². The molecule has 1 aliphatic rings. The highest BCUT2D eigenvalue weighted by Crippen LogP contribution is 2.06. The molecule has 0 aromatic rings. The van der Waals surface area contributed by atoms with Gasteiger partial charge in [0.2, 0.25) is 0 Å². The molecule has 1 atom stereocenters. The fourth-order valence-electron chi connectivity index (χ4n) is 0.926. The van der Waals surface area contributed by atoms with E-state index in [0.29, 0.717) is 23.1 Å². The molecule has 1 heterocycles. The van der Waals surface area contributed by atoms with E-state index in [1.165, 1.54) is 0 Å². The number of nitrogens with one attached hydrogen (secondary N) is 2. The van der Waals surface area contributed by atoms with Crippen molar-refractivity contribution in [3.63, 3.8) is 0 Å². The van der Waals surface area contributed by atoms with Gasteiger partial charge >= 0.3 is 0 Å². The molecule has 0 spiro atoms. The van der Waals surface area contributed by atoms with Crippen LogP contribution in [0.25, 0.3) is 0 Å². The smallest absolute Gasteiger partial charge is 0.171 e. The molecule has 0 aliphatic carbocycles. The largest absolute Gasteiger partial charge is 0.361 e. The van der Waals surface area contributed by atoms with Crippen LogP contribution in [0.3, 0.4) is 0 Å². The summed E-state index contributed by atoms with van der Waals surface area (Å²) in [6.07, 6.45) is 0.676. The molecule has 0 aromatic carbocycles. The zero-order chi connectivity index (χ0) is 8.48. The summed E-state index contributed by atoms with van der Waals surface area (Å²) in [6.45, 7) is 2.61. The van der Waals surface area contributed by atoms with E-state index in [0.717, 1.165) is 0 Å². The highest BCUT2D eigenvalue weighted by atomic mass is 32.1. The van der Waals surface area contributed by atoms with Gasteiger partial charge in [0.05, 0.1) is 4.99 Å². The molecule has 0 aromatic heterocycles. The molecule has 4 N–H and O–H groups in total. The molecule has 1 fully saturated rings. The van der Waals surface area contributed by atoms with Gasteiger partial charge in [-0.3, -0.25) is 0 Å². The second kappa shape index (κ2) is 3.00. The number of thiocarbonyl (C=S) groups is 2. The van der Waals surface area contributed by atoms with Gasteiger partial charge in [-0.25, -0.2) is 0 Å². The molecule has 1 aliphatic heterocycles. The fraction of sp³-hybridized carbons (Fsp3) is 0.667. The molecule has 0 amide bonds. The Bertz CT molecular complexity index is 200. The standard InChI is InChI=1S/C6H11N3S2/c1-6(7)2-4(10)9-5(11)8-3-6/h2-3,7H2,1H3,(H2,8,9,10,11). The molecular formula is C6H11N3S2. The van der Waals surface area contributed by atoms with E-state index in [2.05, 4.69) is 10.6 Å². The third-order valence-corrected chi connectivity index (χ3v) is 1.96. The van der Waals surface area contributed by atoms with Crippen LogP contribution in [-0.4, -0.2) is 22.2 Å². The molecule has 5 heteroatoms. The van der Waals surface area contributed by atoms with Crippen molar-refractivity contribution in [1.29, 1.82) is 0 Å². The number of hydrogen-bond acceptors (Lipinski definition) is 3. The molecule has 3 nitrogen and oxygen atoms in total. The maximum Gasteiger partial charge on any atom is 0.171 e. The number of hydrogen-bond donors (Lipinski definition) is 3. The maximum absolute atomic E-state index is 5.88. The first-order chi connectivity index (χ1) is 4.99. The first-order valence-corrected chi connectivity index (χ1v) is 4.18. The predicted octanol–water partition coefficient (Wildman–Crippen LogP) is -0.101. The van der Waals surface area contributed by atoms with Crippen LogP contribution in [0.5, 0.6) is 0 Å². The average molecular weight is 189 g/mol. The highest BCUT2D eigenvalue weighted by molar-refractivity contribution is 7.81. The van der Waals surface area contributed by atoms with E-state index >= 15 is 0 Å². The van der Waals surface area contributed by atoms with Gasteiger partial charge in [0.1, 0.15) is 0 Å². The van der Waals surface area contributed by atoms with E-state index in [9.17, 15) is 0 Å². The molecule has 0 radical (unpaired) electrons. The Kier molecular flexibility index (Phi) is 2.41. The zero-order valence-corrected chi connectivity index (χ0v) is 7.94. The van der Waals surface area contributed by atoms with Crippen LogP contribution in [0.2, 0.25) is 0 Å². The summed E-state index contributed by atoms with van der Waals surface area (Å²) in [5.74, 6) is 0. The van der Waals surface area contributed by atoms with E-state index < -0.39 is 0 Å². The van der Waals surface area contributed by atoms with Crippen molar-refractivity contribution >= 4 is 34.5 Å². The van der Waals surface area contributed by atoms with Crippen molar-refractivity contribution in [2.75, 3.05) is 6.54 Å². The molecule has 62 valence electrons. The summed E-state index contributed by atoms with van der Waals surface area (Å²) < 4.78 is 0. The summed E-state index contributed by atoms with van der Waals surface area (Å²) in [4.78, 5) is 0.713. The topological polar surface area (TPSA) is 50.1 Å². The van der Waals surface area contributed by atoms with E-state index in [4.69, 9.17) is 30.2 Å². The summed E-state index contributed by atoms with van der Waals surface area (Å²) in [5, 5.41) is 6.42. The summed E-state index contributed by atoms with van der Waals surface area (Å²) >= 11 is 9.91. The van der Waals surface area contributed by atoms with Gasteiger partial charge < -0.3 is 16.4 Å². The van der Waals surface area contributed by atoms with Crippen LogP contribution < -0.4 is 16.4 Å². The SMILES string of the molecule is CC1(N)CNC(=S)NC(=S)C1. The second-order valence-corrected chi connectivity index (χ2v) is 3.96. The van der Waals surface area contributed by atoms with Crippen LogP contribution >= 0.6 is 24.4 Å². The lowest BCUT2D eigenvalue weighted by atomic mass is 10.0. The van der Waals surface area contributed by atoms with Gasteiger partial charge in [0.25, 0.3) is 0 Å². The lowest BCUT2D eigenvalue weighted by molar-refractivity contribution is 0.486. The Morgan fingerprint density at radius 1 is 1.55 bits per heavy atom. The minimum atomic E-state index is -0.287. The van der Waals surface area contributed by atoms with Crippen molar-refractivity contribution in [3.8, 4) is 0 Å². The van der Waals surface area contributed by atoms with Gasteiger partial charge in [0, 0.05) is 18.5 Å². The predicted molar refractivity (Wildman–Crippen MR) is 53.5 cm³/mol. The van der Waals surface area contributed by atoms with Gasteiger partial charge in [-0.1, -0.05) is 12.2 Å². The summed E-state index contributed by atoms with van der Waals surface area (Å²) in [5.41, 5.74) is 5.59. The first kappa shape index (κ1) is 8.83. The third kappa shape index (κ3) is 2.69. The molecular weight excluding hydrogens is 178 g/mol. The average Bonchev–Trinajstić information content (AvgIpc) is 1.90. The Morgan fingerprint density at radius 3 is 2.82 bits per heavy atom. The zero-order valence-electron chi connectivity index (χ0n) is 6.31. The molecule has 1 saturated heterocycles. The van der Waals surface area contributed by atoms with Crippen LogP contribution in [-0.2, 0) is 0 Å². The van der Waals surface area contributed by atoms with Crippen molar-refractivity contribution in [3.05, 3.63) is 0 Å². The Hall–Kier alpha value is -0.260. The normalized spacial score (nSPS) is 32.2. The van der Waals surface area contributed by atoms with Gasteiger partial charge in [-0.2, -0.15) is 0 Å². The summed E-state index contributed by atoms with van der Waals surface area (Å²) in [7, 11) is 0. The van der Waals surface area contributed by atoms with Crippen molar-refractivity contribution in [1.82, 2.24) is 10.6 Å². The molecule has 0 saturated carbocycles.